The second-order valence-corrected chi connectivity index (χ2v) is 9.70. The zero-order chi connectivity index (χ0) is 26.9. The predicted octanol–water partition coefficient (Wildman–Crippen LogP) is 4.23. The van der Waals surface area contributed by atoms with Crippen LogP contribution in [-0.2, 0) is 19.1 Å². The number of likely N-dealkylation sites (tertiary alicyclic amines) is 1. The zero-order valence-electron chi connectivity index (χ0n) is 22.3. The maximum Gasteiger partial charge on any atom is 0.336 e. The van der Waals surface area contributed by atoms with Crippen LogP contribution in [0.25, 0.3) is 0 Å². The molecule has 8 heteroatoms. The Balaban J connectivity index is 1.50. The molecule has 1 N–H and O–H groups in total. The molecule has 0 aromatic heterocycles. The van der Waals surface area contributed by atoms with Crippen LogP contribution >= 0.6 is 0 Å². The number of nitrogens with zero attached hydrogens (tertiary/aromatic N) is 2. The smallest absolute Gasteiger partial charge is 0.336 e. The van der Waals surface area contributed by atoms with E-state index in [1.54, 1.807) is 13.8 Å². The van der Waals surface area contributed by atoms with Crippen LogP contribution in [0.3, 0.4) is 0 Å². The van der Waals surface area contributed by atoms with Crippen LogP contribution < -0.4 is 10.1 Å². The maximum absolute atomic E-state index is 13.3. The van der Waals surface area contributed by atoms with Crippen LogP contribution in [0.2, 0.25) is 0 Å². The fraction of sp³-hybridized carbons (Fsp3) is 0.433. The highest BCUT2D eigenvalue weighted by atomic mass is 16.5. The minimum atomic E-state index is -0.501. The molecular formula is C30H37N3O5. The second kappa shape index (κ2) is 13.2. The summed E-state index contributed by atoms with van der Waals surface area (Å²) >= 11 is 0. The fourth-order valence-electron chi connectivity index (χ4n) is 5.12. The third-order valence-corrected chi connectivity index (χ3v) is 7.06. The van der Waals surface area contributed by atoms with Crippen molar-refractivity contribution in [1.82, 2.24) is 15.1 Å². The average Bonchev–Trinajstić information content (AvgIpc) is 2.92. The highest BCUT2D eigenvalue weighted by molar-refractivity contribution is 5.97. The van der Waals surface area contributed by atoms with Gasteiger partial charge in [-0.3, -0.25) is 9.59 Å². The molecule has 0 aliphatic carbocycles. The van der Waals surface area contributed by atoms with Crippen molar-refractivity contribution in [2.24, 2.45) is 0 Å². The van der Waals surface area contributed by atoms with Gasteiger partial charge in [-0.15, -0.1) is 0 Å². The van der Waals surface area contributed by atoms with Gasteiger partial charge < -0.3 is 24.6 Å². The number of allylic oxidation sites excluding steroid dienone is 1. The molecule has 2 aromatic carbocycles. The van der Waals surface area contributed by atoms with Crippen LogP contribution in [0.4, 0.5) is 0 Å². The molecule has 1 saturated heterocycles. The number of hydrogen-bond donors (Lipinski definition) is 1. The van der Waals surface area contributed by atoms with Crippen molar-refractivity contribution >= 4 is 17.8 Å². The topological polar surface area (TPSA) is 88.2 Å². The molecule has 0 spiro atoms. The van der Waals surface area contributed by atoms with Gasteiger partial charge in [0.1, 0.15) is 18.0 Å². The van der Waals surface area contributed by atoms with Gasteiger partial charge in [0.25, 0.3) is 0 Å². The summed E-state index contributed by atoms with van der Waals surface area (Å²) in [5.74, 6) is -0.126. The van der Waals surface area contributed by atoms with E-state index < -0.39 is 11.9 Å². The Kier molecular flexibility index (Phi) is 9.54. The molecule has 1 atom stereocenters. The van der Waals surface area contributed by atoms with Crippen molar-refractivity contribution in [3.8, 4) is 11.5 Å². The van der Waals surface area contributed by atoms with E-state index in [4.69, 9.17) is 9.47 Å². The maximum atomic E-state index is 13.3. The molecule has 8 nitrogen and oxygen atoms in total. The molecule has 4 rings (SSSR count). The van der Waals surface area contributed by atoms with Gasteiger partial charge in [-0.25, -0.2) is 4.79 Å². The third kappa shape index (κ3) is 7.01. The number of benzene rings is 2. The summed E-state index contributed by atoms with van der Waals surface area (Å²) in [5.41, 5.74) is 1.62. The summed E-state index contributed by atoms with van der Waals surface area (Å²) in [7, 11) is 0. The molecule has 2 heterocycles. The monoisotopic (exact) mass is 519 g/mol. The fourth-order valence-corrected chi connectivity index (χ4v) is 5.12. The van der Waals surface area contributed by atoms with Crippen LogP contribution in [0.1, 0.15) is 51.0 Å². The van der Waals surface area contributed by atoms with E-state index in [1.165, 1.54) is 24.2 Å². The lowest BCUT2D eigenvalue weighted by molar-refractivity contribution is -0.141. The number of ether oxygens (including phenoxy) is 2. The molecule has 1 fully saturated rings. The molecule has 0 saturated carbocycles. The van der Waals surface area contributed by atoms with Crippen molar-refractivity contribution < 1.29 is 23.9 Å². The summed E-state index contributed by atoms with van der Waals surface area (Å²) in [6.07, 6.45) is 3.71. The summed E-state index contributed by atoms with van der Waals surface area (Å²) in [5, 5.41) is 2.93. The molecule has 0 radical (unpaired) electrons. The molecule has 0 bridgehead atoms. The lowest BCUT2D eigenvalue weighted by Gasteiger charge is -2.34. The van der Waals surface area contributed by atoms with Crippen LogP contribution in [0.5, 0.6) is 11.5 Å². The van der Waals surface area contributed by atoms with Crippen LogP contribution in [0.15, 0.2) is 65.9 Å². The summed E-state index contributed by atoms with van der Waals surface area (Å²) in [6, 6.07) is 16.8. The highest BCUT2D eigenvalue weighted by Crippen LogP contribution is 2.38. The number of esters is 1. The molecule has 38 heavy (non-hydrogen) atoms. The van der Waals surface area contributed by atoms with Crippen molar-refractivity contribution in [3.63, 3.8) is 0 Å². The Morgan fingerprint density at radius 2 is 1.74 bits per heavy atom. The van der Waals surface area contributed by atoms with Crippen molar-refractivity contribution in [3.05, 3.63) is 71.4 Å². The van der Waals surface area contributed by atoms with E-state index in [0.29, 0.717) is 29.3 Å². The first-order chi connectivity index (χ1) is 18.5. The van der Waals surface area contributed by atoms with Gasteiger partial charge in [-0.1, -0.05) is 36.8 Å². The number of amides is 2. The Morgan fingerprint density at radius 3 is 2.47 bits per heavy atom. The Bertz CT molecular complexity index is 1160. The first-order valence-electron chi connectivity index (χ1n) is 13.5. The first-order valence-corrected chi connectivity index (χ1v) is 13.5. The quantitative estimate of drug-likeness (QED) is 0.473. The summed E-state index contributed by atoms with van der Waals surface area (Å²) in [6.45, 7) is 6.99. The Hall–Kier alpha value is -3.65. The molecular weight excluding hydrogens is 482 g/mol. The van der Waals surface area contributed by atoms with Gasteiger partial charge in [0.15, 0.2) is 0 Å². The SMILES string of the molecule is CCOC(=O)C1=C(C)N(CC(=O)NCCN2CCCCC2)C(=O)CC1c1cccc(Oc2ccccc2)c1. The van der Waals surface area contributed by atoms with Gasteiger partial charge in [0, 0.05) is 31.1 Å². The van der Waals surface area contributed by atoms with Gasteiger partial charge >= 0.3 is 5.97 Å². The summed E-state index contributed by atoms with van der Waals surface area (Å²) < 4.78 is 11.4. The average molecular weight is 520 g/mol. The van der Waals surface area contributed by atoms with E-state index in [0.717, 1.165) is 25.2 Å². The van der Waals surface area contributed by atoms with Crippen molar-refractivity contribution in [1.29, 1.82) is 0 Å². The normalized spacial score (nSPS) is 18.3. The molecule has 2 aliphatic rings. The molecule has 1 unspecified atom stereocenters. The van der Waals surface area contributed by atoms with Crippen LogP contribution in [-0.4, -0.2) is 66.9 Å². The van der Waals surface area contributed by atoms with Crippen LogP contribution in [0, 0.1) is 0 Å². The van der Waals surface area contributed by atoms with Gasteiger partial charge in [-0.05, 0) is 69.6 Å². The van der Waals surface area contributed by atoms with E-state index in [1.807, 2.05) is 54.6 Å². The number of carbonyl (C=O) groups is 3. The lowest BCUT2D eigenvalue weighted by atomic mass is 9.83. The molecule has 2 aromatic rings. The van der Waals surface area contributed by atoms with Gasteiger partial charge in [0.05, 0.1) is 12.2 Å². The van der Waals surface area contributed by atoms with E-state index in [9.17, 15) is 14.4 Å². The minimum Gasteiger partial charge on any atom is -0.463 e. The van der Waals surface area contributed by atoms with Gasteiger partial charge in [-0.2, -0.15) is 0 Å². The van der Waals surface area contributed by atoms with E-state index >= 15 is 0 Å². The Morgan fingerprint density at radius 1 is 1.00 bits per heavy atom. The van der Waals surface area contributed by atoms with Gasteiger partial charge in [0.2, 0.25) is 11.8 Å². The Labute approximate surface area is 224 Å². The largest absolute Gasteiger partial charge is 0.463 e. The number of hydrogen-bond acceptors (Lipinski definition) is 6. The zero-order valence-corrected chi connectivity index (χ0v) is 22.3. The summed E-state index contributed by atoms with van der Waals surface area (Å²) in [4.78, 5) is 42.9. The van der Waals surface area contributed by atoms with Crippen molar-refractivity contribution in [2.45, 2.75) is 45.4 Å². The lowest BCUT2D eigenvalue weighted by Crippen LogP contribution is -2.45. The number of nitrogens with one attached hydrogen (secondary N) is 1. The number of rotatable bonds is 10. The molecule has 2 amide bonds. The third-order valence-electron chi connectivity index (χ3n) is 7.06. The number of piperidine rings is 1. The number of para-hydroxylation sites is 1. The first kappa shape index (κ1) is 27.4. The minimum absolute atomic E-state index is 0.0569. The molecule has 2 aliphatic heterocycles. The number of carbonyl (C=O) groups excluding carboxylic acids is 3. The second-order valence-electron chi connectivity index (χ2n) is 9.70. The standard InChI is InChI=1S/C30H37N3O5/c1-3-37-30(36)29-22(2)33(21-27(34)31-15-18-32-16-8-5-9-17-32)28(35)20-26(29)23-11-10-14-25(19-23)38-24-12-6-4-7-13-24/h4,6-7,10-14,19,26H,3,5,8-9,15-18,20-21H2,1-2H3,(H,31,34). The van der Waals surface area contributed by atoms with E-state index in [-0.39, 0.29) is 31.4 Å². The molecule has 202 valence electrons. The van der Waals surface area contributed by atoms with Crippen molar-refractivity contribution in [2.75, 3.05) is 39.3 Å². The predicted molar refractivity (Wildman–Crippen MR) is 145 cm³/mol. The van der Waals surface area contributed by atoms with E-state index in [2.05, 4.69) is 10.2 Å². The highest BCUT2D eigenvalue weighted by Gasteiger charge is 2.37.